The Bertz CT molecular complexity index is 707. The molecule has 120 valence electrons. The SMILES string of the molecule is CC(=O)N(CC(=O)Nc1ccc(F)c(Cl)c1)Cc1ccccc1. The lowest BCUT2D eigenvalue weighted by atomic mass is 10.2. The van der Waals surface area contributed by atoms with Crippen LogP contribution < -0.4 is 5.32 Å². The van der Waals surface area contributed by atoms with Gasteiger partial charge in [-0.2, -0.15) is 0 Å². The van der Waals surface area contributed by atoms with E-state index in [1.54, 1.807) is 0 Å². The van der Waals surface area contributed by atoms with E-state index in [2.05, 4.69) is 5.32 Å². The van der Waals surface area contributed by atoms with Gasteiger partial charge in [-0.1, -0.05) is 41.9 Å². The second kappa shape index (κ2) is 7.74. The zero-order valence-corrected chi connectivity index (χ0v) is 13.3. The molecule has 0 aliphatic carbocycles. The van der Waals surface area contributed by atoms with Crippen LogP contribution in [-0.4, -0.2) is 23.3 Å². The number of hydrogen-bond acceptors (Lipinski definition) is 2. The van der Waals surface area contributed by atoms with Crippen LogP contribution in [0.15, 0.2) is 48.5 Å². The predicted octanol–water partition coefficient (Wildman–Crippen LogP) is 3.47. The Morgan fingerprint density at radius 3 is 2.48 bits per heavy atom. The highest BCUT2D eigenvalue weighted by molar-refractivity contribution is 6.31. The third kappa shape index (κ3) is 5.07. The van der Waals surface area contributed by atoms with Crippen LogP contribution in [0.4, 0.5) is 10.1 Å². The van der Waals surface area contributed by atoms with Crippen molar-refractivity contribution in [3.8, 4) is 0 Å². The van der Waals surface area contributed by atoms with Gasteiger partial charge in [0, 0.05) is 19.2 Å². The van der Waals surface area contributed by atoms with Gasteiger partial charge in [0.25, 0.3) is 0 Å². The molecule has 0 bridgehead atoms. The Balaban J connectivity index is 2.00. The van der Waals surface area contributed by atoms with Crippen molar-refractivity contribution in [3.05, 3.63) is 64.9 Å². The van der Waals surface area contributed by atoms with Gasteiger partial charge in [-0.25, -0.2) is 4.39 Å². The Morgan fingerprint density at radius 1 is 1.17 bits per heavy atom. The van der Waals surface area contributed by atoms with Gasteiger partial charge in [0.2, 0.25) is 11.8 Å². The Kier molecular flexibility index (Phi) is 5.71. The number of halogens is 2. The minimum atomic E-state index is -0.556. The Hall–Kier alpha value is -2.40. The first-order chi connectivity index (χ1) is 11.0. The Morgan fingerprint density at radius 2 is 1.87 bits per heavy atom. The van der Waals surface area contributed by atoms with Crippen LogP contribution in [0, 0.1) is 5.82 Å². The second-order valence-electron chi connectivity index (χ2n) is 5.04. The van der Waals surface area contributed by atoms with Gasteiger partial charge in [-0.15, -0.1) is 0 Å². The topological polar surface area (TPSA) is 49.4 Å². The van der Waals surface area contributed by atoms with E-state index in [1.807, 2.05) is 30.3 Å². The monoisotopic (exact) mass is 334 g/mol. The third-order valence-corrected chi connectivity index (χ3v) is 3.49. The van der Waals surface area contributed by atoms with E-state index in [-0.39, 0.29) is 23.4 Å². The molecule has 0 atom stereocenters. The average molecular weight is 335 g/mol. The number of nitrogens with zero attached hydrogens (tertiary/aromatic N) is 1. The molecule has 23 heavy (non-hydrogen) atoms. The molecule has 0 fully saturated rings. The molecule has 0 aliphatic heterocycles. The molecule has 2 aromatic rings. The highest BCUT2D eigenvalue weighted by Crippen LogP contribution is 2.19. The van der Waals surface area contributed by atoms with Crippen molar-refractivity contribution >= 4 is 29.1 Å². The van der Waals surface area contributed by atoms with Gasteiger partial charge in [0.1, 0.15) is 12.4 Å². The molecule has 0 aromatic heterocycles. The lowest BCUT2D eigenvalue weighted by molar-refractivity contribution is -0.133. The quantitative estimate of drug-likeness (QED) is 0.910. The Labute approximate surface area is 138 Å². The average Bonchev–Trinajstić information content (AvgIpc) is 2.51. The highest BCUT2D eigenvalue weighted by Gasteiger charge is 2.14. The van der Waals surface area contributed by atoms with E-state index in [9.17, 15) is 14.0 Å². The molecule has 1 N–H and O–H groups in total. The van der Waals surface area contributed by atoms with Gasteiger partial charge in [-0.3, -0.25) is 9.59 Å². The van der Waals surface area contributed by atoms with Crippen molar-refractivity contribution in [1.29, 1.82) is 0 Å². The standard InChI is InChI=1S/C17H16ClFN2O2/c1-12(22)21(10-13-5-3-2-4-6-13)11-17(23)20-14-7-8-16(19)15(18)9-14/h2-9H,10-11H2,1H3,(H,20,23). The molecule has 0 saturated carbocycles. The van der Waals surface area contributed by atoms with Crippen molar-refractivity contribution in [2.45, 2.75) is 13.5 Å². The zero-order valence-electron chi connectivity index (χ0n) is 12.6. The second-order valence-corrected chi connectivity index (χ2v) is 5.44. The highest BCUT2D eigenvalue weighted by atomic mass is 35.5. The predicted molar refractivity (Wildman–Crippen MR) is 87.6 cm³/mol. The zero-order chi connectivity index (χ0) is 16.8. The van der Waals surface area contributed by atoms with Crippen LogP contribution in [0.2, 0.25) is 5.02 Å². The van der Waals surface area contributed by atoms with Crippen molar-refractivity contribution in [1.82, 2.24) is 4.90 Å². The number of nitrogens with one attached hydrogen (secondary N) is 1. The maximum Gasteiger partial charge on any atom is 0.244 e. The van der Waals surface area contributed by atoms with Crippen molar-refractivity contribution in [2.24, 2.45) is 0 Å². The van der Waals surface area contributed by atoms with Gasteiger partial charge >= 0.3 is 0 Å². The van der Waals surface area contributed by atoms with Crippen LogP contribution in [0.1, 0.15) is 12.5 Å². The normalized spacial score (nSPS) is 10.2. The summed E-state index contributed by atoms with van der Waals surface area (Å²) in [6.45, 7) is 1.65. The van der Waals surface area contributed by atoms with Crippen molar-refractivity contribution in [3.63, 3.8) is 0 Å². The third-order valence-electron chi connectivity index (χ3n) is 3.20. The van der Waals surface area contributed by atoms with Crippen molar-refractivity contribution < 1.29 is 14.0 Å². The van der Waals surface area contributed by atoms with Crippen LogP contribution >= 0.6 is 11.6 Å². The van der Waals surface area contributed by atoms with Crippen LogP contribution in [0.3, 0.4) is 0 Å². The number of anilines is 1. The maximum absolute atomic E-state index is 13.1. The smallest absolute Gasteiger partial charge is 0.244 e. The number of carbonyl (C=O) groups excluding carboxylic acids is 2. The molecule has 0 radical (unpaired) electrons. The molecular formula is C17H16ClFN2O2. The van der Waals surface area contributed by atoms with Crippen molar-refractivity contribution in [2.75, 3.05) is 11.9 Å². The molecule has 0 unspecified atom stereocenters. The molecule has 4 nitrogen and oxygen atoms in total. The fourth-order valence-corrected chi connectivity index (χ4v) is 2.21. The van der Waals surface area contributed by atoms with E-state index >= 15 is 0 Å². The van der Waals surface area contributed by atoms with E-state index in [0.29, 0.717) is 12.2 Å². The van der Waals surface area contributed by atoms with Gasteiger partial charge in [-0.05, 0) is 23.8 Å². The summed E-state index contributed by atoms with van der Waals surface area (Å²) in [5, 5.41) is 2.52. The molecule has 0 aliphatic rings. The fourth-order valence-electron chi connectivity index (χ4n) is 2.03. The number of amides is 2. The first-order valence-corrected chi connectivity index (χ1v) is 7.38. The molecule has 0 heterocycles. The van der Waals surface area contributed by atoms with Gasteiger partial charge in [0.05, 0.1) is 5.02 Å². The molecular weight excluding hydrogens is 319 g/mol. The van der Waals surface area contributed by atoms with Gasteiger partial charge < -0.3 is 10.2 Å². The minimum absolute atomic E-state index is 0.0736. The van der Waals surface area contributed by atoms with Crippen LogP contribution in [0.5, 0.6) is 0 Å². The molecule has 2 amide bonds. The summed E-state index contributed by atoms with van der Waals surface area (Å²) in [5.74, 6) is -1.14. The molecule has 0 saturated heterocycles. The minimum Gasteiger partial charge on any atom is -0.329 e. The van der Waals surface area contributed by atoms with Gasteiger partial charge in [0.15, 0.2) is 0 Å². The summed E-state index contributed by atoms with van der Waals surface area (Å²) in [6.07, 6.45) is 0. The summed E-state index contributed by atoms with van der Waals surface area (Å²) in [7, 11) is 0. The number of rotatable bonds is 5. The lowest BCUT2D eigenvalue weighted by Gasteiger charge is -2.20. The number of carbonyl (C=O) groups is 2. The van der Waals surface area contributed by atoms with E-state index in [1.165, 1.54) is 30.0 Å². The first-order valence-electron chi connectivity index (χ1n) is 7.00. The molecule has 2 rings (SSSR count). The molecule has 6 heteroatoms. The molecule has 0 spiro atoms. The number of benzene rings is 2. The summed E-state index contributed by atoms with van der Waals surface area (Å²) in [4.78, 5) is 25.2. The summed E-state index contributed by atoms with van der Waals surface area (Å²) >= 11 is 5.67. The van der Waals surface area contributed by atoms with E-state index in [4.69, 9.17) is 11.6 Å². The largest absolute Gasteiger partial charge is 0.329 e. The van der Waals surface area contributed by atoms with E-state index < -0.39 is 5.82 Å². The van der Waals surface area contributed by atoms with E-state index in [0.717, 1.165) is 5.56 Å². The summed E-state index contributed by atoms with van der Waals surface area (Å²) < 4.78 is 13.1. The summed E-state index contributed by atoms with van der Waals surface area (Å²) in [5.41, 5.74) is 1.31. The van der Waals surface area contributed by atoms with Crippen LogP contribution in [0.25, 0.3) is 0 Å². The lowest BCUT2D eigenvalue weighted by Crippen LogP contribution is -2.36. The first kappa shape index (κ1) is 17.0. The van der Waals surface area contributed by atoms with Crippen LogP contribution in [-0.2, 0) is 16.1 Å². The maximum atomic E-state index is 13.1. The molecule has 2 aromatic carbocycles. The fraction of sp³-hybridized carbons (Fsp3) is 0.176. The summed E-state index contributed by atoms with van der Waals surface area (Å²) in [6, 6.07) is 13.3. The number of hydrogen-bond donors (Lipinski definition) is 1.